The van der Waals surface area contributed by atoms with Crippen molar-refractivity contribution >= 4 is 34.8 Å². The number of rotatable bonds is 16. The number of nitrogens with zero attached hydrogens (tertiary/aromatic N) is 4. The number of anilines is 1. The molecule has 4 fully saturated rings. The molecule has 3 atom stereocenters. The second kappa shape index (κ2) is 16.2. The molecule has 15 heteroatoms. The van der Waals surface area contributed by atoms with Gasteiger partial charge in [0.1, 0.15) is 23.9 Å². The summed E-state index contributed by atoms with van der Waals surface area (Å²) < 4.78 is 7.72. The van der Waals surface area contributed by atoms with Gasteiger partial charge >= 0.3 is 6.09 Å². The summed E-state index contributed by atoms with van der Waals surface area (Å²) in [5.41, 5.74) is 10.2. The molecule has 0 unspecified atom stereocenters. The molecule has 2 aromatic carbocycles. The fraction of sp³-hybridized carbons (Fsp3) is 0.488. The van der Waals surface area contributed by atoms with E-state index in [1.807, 2.05) is 44.3 Å². The van der Waals surface area contributed by atoms with Crippen LogP contribution in [0.3, 0.4) is 0 Å². The van der Waals surface area contributed by atoms with Crippen LogP contribution < -0.4 is 21.7 Å². The van der Waals surface area contributed by atoms with E-state index in [0.717, 1.165) is 57.3 Å². The number of amides is 3. The van der Waals surface area contributed by atoms with Crippen molar-refractivity contribution in [3.8, 4) is 5.75 Å². The number of phenols is 1. The van der Waals surface area contributed by atoms with E-state index < -0.39 is 36.0 Å². The van der Waals surface area contributed by atoms with Gasteiger partial charge in [0.25, 0.3) is 0 Å². The number of aromatic nitrogens is 5. The summed E-state index contributed by atoms with van der Waals surface area (Å²) >= 11 is 0. The first-order chi connectivity index (χ1) is 27.9. The zero-order valence-corrected chi connectivity index (χ0v) is 33.0. The van der Waals surface area contributed by atoms with Gasteiger partial charge in [-0.15, -0.1) is 0 Å². The molecule has 0 radical (unpaired) electrons. The average molecular weight is 792 g/mol. The van der Waals surface area contributed by atoms with E-state index >= 15 is 0 Å². The topological polar surface area (TPSA) is 226 Å². The Morgan fingerprint density at radius 2 is 1.67 bits per heavy atom. The number of hydrogen-bond acceptors (Lipinski definition) is 9. The maximum Gasteiger partial charge on any atom is 0.405 e. The molecular weight excluding hydrogens is 739 g/mol. The van der Waals surface area contributed by atoms with E-state index in [1.165, 1.54) is 38.5 Å². The summed E-state index contributed by atoms with van der Waals surface area (Å²) in [6, 6.07) is 8.09. The number of imidazole rings is 1. The first kappa shape index (κ1) is 39.0. The van der Waals surface area contributed by atoms with Crippen molar-refractivity contribution < 1.29 is 29.1 Å². The highest BCUT2D eigenvalue weighted by molar-refractivity contribution is 5.91. The molecule has 4 saturated carbocycles. The molecule has 3 amide bonds. The van der Waals surface area contributed by atoms with Crippen molar-refractivity contribution in [2.45, 2.75) is 109 Å². The molecule has 15 nitrogen and oxygen atoms in total. The SMILES string of the molecule is Cc1cc(O)cc(C)c1C[C@H](NC(=O)[C@@H](CCCn1ccnc1N)NC(=O)O)C(=O)N[C@@H](Cc1c[nH]c2ccccc12)c1nc(CC23CC4CC(CC(C4)C2)C3)no1. The van der Waals surface area contributed by atoms with E-state index in [2.05, 4.69) is 31.1 Å². The minimum absolute atomic E-state index is 0.0712. The minimum Gasteiger partial charge on any atom is -0.508 e. The number of nitrogens with two attached hydrogens (primary N) is 1. The Morgan fingerprint density at radius 1 is 0.983 bits per heavy atom. The number of para-hydroxylation sites is 1. The molecule has 8 N–H and O–H groups in total. The summed E-state index contributed by atoms with van der Waals surface area (Å²) in [6.45, 7) is 4.08. The standard InChI is InChI=1S/C43H53N9O6/c1-24-12-30(53)13-25(2)32(24)18-35(47-38(54)34(49-42(56)57)8-5-10-52-11-9-45-41(52)44)39(55)48-36(17-29-23-46-33-7-4-3-6-31(29)33)40-50-37(51-58-40)22-43-19-26-14-27(20-43)16-28(15-26)21-43/h3-4,6-7,9,11-13,23,26-28,34-36,46,49,53H,5,8,10,14-22H2,1-2H3,(H2,44,45)(H,47,54)(H,48,55)(H,56,57)/t26?,27?,28?,34-,35+,36+,43?/m1/s1. The van der Waals surface area contributed by atoms with E-state index in [9.17, 15) is 24.6 Å². The number of benzene rings is 2. The number of aromatic amines is 1. The van der Waals surface area contributed by atoms with Gasteiger partial charge < -0.3 is 46.0 Å². The van der Waals surface area contributed by atoms with Gasteiger partial charge in [0.15, 0.2) is 11.8 Å². The maximum atomic E-state index is 14.7. The molecule has 4 aliphatic carbocycles. The number of H-pyrrole nitrogens is 1. The third-order valence-corrected chi connectivity index (χ3v) is 12.9. The Hall–Kier alpha value is -5.86. The number of fused-ring (bicyclic) bond motifs is 1. The zero-order valence-electron chi connectivity index (χ0n) is 33.0. The van der Waals surface area contributed by atoms with Gasteiger partial charge in [0, 0.05) is 55.3 Å². The molecule has 4 aliphatic rings. The lowest BCUT2D eigenvalue weighted by Gasteiger charge is -2.56. The molecule has 3 heterocycles. The van der Waals surface area contributed by atoms with Crippen molar-refractivity contribution in [2.24, 2.45) is 23.2 Å². The number of carbonyl (C=O) groups excluding carboxylic acids is 2. The first-order valence-electron chi connectivity index (χ1n) is 20.4. The molecule has 4 bridgehead atoms. The van der Waals surface area contributed by atoms with E-state index in [4.69, 9.17) is 15.2 Å². The predicted molar refractivity (Wildman–Crippen MR) is 216 cm³/mol. The fourth-order valence-electron chi connectivity index (χ4n) is 10.7. The van der Waals surface area contributed by atoms with Crippen LogP contribution in [-0.2, 0) is 35.4 Å². The Kier molecular flexibility index (Phi) is 10.9. The second-order valence-electron chi connectivity index (χ2n) is 17.2. The molecule has 0 saturated heterocycles. The van der Waals surface area contributed by atoms with Gasteiger partial charge in [-0.2, -0.15) is 4.98 Å². The van der Waals surface area contributed by atoms with Crippen LogP contribution in [0.4, 0.5) is 10.7 Å². The third-order valence-electron chi connectivity index (χ3n) is 12.9. The van der Waals surface area contributed by atoms with Crippen molar-refractivity contribution in [1.82, 2.24) is 40.6 Å². The Morgan fingerprint density at radius 3 is 2.34 bits per heavy atom. The van der Waals surface area contributed by atoms with Crippen LogP contribution in [0, 0.1) is 37.0 Å². The predicted octanol–water partition coefficient (Wildman–Crippen LogP) is 5.66. The number of phenolic OH excluding ortho intramolecular Hbond substituents is 1. The van der Waals surface area contributed by atoms with Crippen LogP contribution in [0.1, 0.15) is 91.4 Å². The summed E-state index contributed by atoms with van der Waals surface area (Å²) in [6.07, 6.45) is 13.1. The van der Waals surface area contributed by atoms with E-state index in [0.29, 0.717) is 31.2 Å². The van der Waals surface area contributed by atoms with E-state index in [1.54, 1.807) is 29.1 Å². The van der Waals surface area contributed by atoms with Crippen LogP contribution in [0.25, 0.3) is 10.9 Å². The van der Waals surface area contributed by atoms with Crippen LogP contribution in [0.15, 0.2) is 59.5 Å². The zero-order chi connectivity index (χ0) is 40.6. The minimum atomic E-state index is -1.37. The van der Waals surface area contributed by atoms with Crippen molar-refractivity contribution in [3.05, 3.63) is 89.0 Å². The smallest absolute Gasteiger partial charge is 0.405 e. The fourth-order valence-corrected chi connectivity index (χ4v) is 10.7. The summed E-state index contributed by atoms with van der Waals surface area (Å²) in [5, 5.41) is 33.8. The van der Waals surface area contributed by atoms with Crippen molar-refractivity contribution in [3.63, 3.8) is 0 Å². The number of nitrogen functional groups attached to an aromatic ring is 1. The lowest BCUT2D eigenvalue weighted by atomic mass is 9.49. The number of carboxylic acid groups (broad SMARTS) is 1. The average Bonchev–Trinajstić information content (AvgIpc) is 3.91. The Balaban J connectivity index is 1.07. The molecule has 9 rings (SSSR count). The van der Waals surface area contributed by atoms with Gasteiger partial charge in [-0.05, 0) is 129 Å². The number of hydrogen-bond donors (Lipinski definition) is 7. The first-order valence-corrected chi connectivity index (χ1v) is 20.4. The van der Waals surface area contributed by atoms with Gasteiger partial charge in [0.2, 0.25) is 17.7 Å². The highest BCUT2D eigenvalue weighted by Gasteiger charge is 2.51. The van der Waals surface area contributed by atoms with Gasteiger partial charge in [-0.1, -0.05) is 23.4 Å². The van der Waals surface area contributed by atoms with E-state index in [-0.39, 0.29) is 29.9 Å². The lowest BCUT2D eigenvalue weighted by molar-refractivity contribution is -0.130. The van der Waals surface area contributed by atoms with Crippen LogP contribution in [0.2, 0.25) is 0 Å². The van der Waals surface area contributed by atoms with Crippen LogP contribution in [0.5, 0.6) is 5.75 Å². The number of aromatic hydroxyl groups is 1. The molecule has 3 aromatic heterocycles. The molecule has 58 heavy (non-hydrogen) atoms. The number of nitrogens with one attached hydrogen (secondary N) is 4. The van der Waals surface area contributed by atoms with Gasteiger partial charge in [-0.25, -0.2) is 9.78 Å². The highest BCUT2D eigenvalue weighted by atomic mass is 16.5. The molecule has 0 aliphatic heterocycles. The molecule has 5 aromatic rings. The molecule has 306 valence electrons. The van der Waals surface area contributed by atoms with Crippen LogP contribution >= 0.6 is 0 Å². The van der Waals surface area contributed by atoms with Gasteiger partial charge in [0.05, 0.1) is 0 Å². The molecular formula is C43H53N9O6. The lowest BCUT2D eigenvalue weighted by Crippen LogP contribution is -2.55. The monoisotopic (exact) mass is 791 g/mol. The second-order valence-corrected chi connectivity index (χ2v) is 17.2. The van der Waals surface area contributed by atoms with Crippen molar-refractivity contribution in [1.29, 1.82) is 0 Å². The maximum absolute atomic E-state index is 14.7. The third kappa shape index (κ3) is 8.53. The largest absolute Gasteiger partial charge is 0.508 e. The number of aryl methyl sites for hydroxylation is 3. The Labute approximate surface area is 336 Å². The quantitative estimate of drug-likeness (QED) is 0.0650. The Bertz CT molecular complexity index is 2240. The summed E-state index contributed by atoms with van der Waals surface area (Å²) in [4.78, 5) is 52.8. The summed E-state index contributed by atoms with van der Waals surface area (Å²) in [7, 11) is 0. The summed E-state index contributed by atoms with van der Waals surface area (Å²) in [5.74, 6) is 2.51. The normalized spacial score (nSPS) is 22.4. The molecule has 0 spiro atoms. The van der Waals surface area contributed by atoms with Crippen LogP contribution in [-0.4, -0.2) is 64.9 Å². The van der Waals surface area contributed by atoms with Crippen molar-refractivity contribution in [2.75, 3.05) is 5.73 Å². The highest BCUT2D eigenvalue weighted by Crippen LogP contribution is 2.61. The number of carbonyl (C=O) groups is 3. The van der Waals surface area contributed by atoms with Gasteiger partial charge in [-0.3, -0.25) is 9.59 Å².